The van der Waals surface area contributed by atoms with Crippen molar-refractivity contribution in [2.24, 2.45) is 5.41 Å². The van der Waals surface area contributed by atoms with Gasteiger partial charge in [-0.1, -0.05) is 25.2 Å². The van der Waals surface area contributed by atoms with Crippen LogP contribution in [-0.4, -0.2) is 53.4 Å². The Morgan fingerprint density at radius 2 is 2.38 bits per heavy atom. The number of allylic oxidation sites excluding steroid dienone is 1. The molecule has 0 spiro atoms. The summed E-state index contributed by atoms with van der Waals surface area (Å²) in [4.78, 5) is 15.5. The molecule has 0 saturated heterocycles. The number of ether oxygens (including phenoxy) is 1. The molecule has 1 aromatic rings. The summed E-state index contributed by atoms with van der Waals surface area (Å²) in [6.45, 7) is 8.61. The number of hydrogen-bond acceptors (Lipinski definition) is 4. The smallest absolute Gasteiger partial charge is 0.228 e. The third-order valence-corrected chi connectivity index (χ3v) is 5.79. The average Bonchev–Trinajstić information content (AvgIpc) is 3.17. The van der Waals surface area contributed by atoms with Crippen molar-refractivity contribution >= 4 is 12.1 Å². The molecule has 0 radical (unpaired) electrons. The van der Waals surface area contributed by atoms with Gasteiger partial charge in [0, 0.05) is 50.7 Å². The number of rotatable bonds is 7. The van der Waals surface area contributed by atoms with Crippen LogP contribution in [0.2, 0.25) is 0 Å². The van der Waals surface area contributed by atoms with E-state index in [0.29, 0.717) is 13.2 Å². The molecule has 1 N–H and O–H groups in total. The number of hydrogen-bond donors (Lipinski definition) is 1. The molecular formula is C20H30N4O2. The lowest BCUT2D eigenvalue weighted by molar-refractivity contribution is -0.134. The van der Waals surface area contributed by atoms with Gasteiger partial charge in [-0.15, -0.1) is 0 Å². The molecule has 0 aromatic carbocycles. The van der Waals surface area contributed by atoms with E-state index in [1.54, 1.807) is 18.0 Å². The maximum atomic E-state index is 13.1. The highest BCUT2D eigenvalue weighted by Gasteiger charge is 2.50. The van der Waals surface area contributed by atoms with Gasteiger partial charge in [-0.3, -0.25) is 9.69 Å². The van der Waals surface area contributed by atoms with Crippen LogP contribution < -0.4 is 5.32 Å². The van der Waals surface area contributed by atoms with Crippen LogP contribution in [0, 0.1) is 12.3 Å². The largest absolute Gasteiger partial charge is 0.383 e. The van der Waals surface area contributed by atoms with E-state index in [-0.39, 0.29) is 17.4 Å². The second kappa shape index (κ2) is 8.18. The number of aryl methyl sites for hydroxylation is 1. The molecule has 1 aliphatic heterocycles. The predicted octanol–water partition coefficient (Wildman–Crippen LogP) is 2.36. The number of fused-ring (bicyclic) bond motifs is 1. The molecule has 2 heterocycles. The summed E-state index contributed by atoms with van der Waals surface area (Å²) in [5, 5.41) is 7.56. The zero-order valence-electron chi connectivity index (χ0n) is 15.9. The van der Waals surface area contributed by atoms with E-state index in [0.717, 1.165) is 44.5 Å². The molecule has 142 valence electrons. The van der Waals surface area contributed by atoms with Crippen molar-refractivity contribution in [1.29, 1.82) is 0 Å². The topological polar surface area (TPSA) is 59.4 Å². The van der Waals surface area contributed by atoms with E-state index in [9.17, 15) is 4.79 Å². The molecule has 6 nitrogen and oxygen atoms in total. The maximum Gasteiger partial charge on any atom is 0.228 e. The van der Waals surface area contributed by atoms with Gasteiger partial charge < -0.3 is 10.1 Å². The predicted molar refractivity (Wildman–Crippen MR) is 102 cm³/mol. The second-order valence-corrected chi connectivity index (χ2v) is 7.32. The fourth-order valence-electron chi connectivity index (χ4n) is 4.42. The van der Waals surface area contributed by atoms with E-state index in [4.69, 9.17) is 4.74 Å². The van der Waals surface area contributed by atoms with Crippen LogP contribution in [0.1, 0.15) is 36.9 Å². The van der Waals surface area contributed by atoms with E-state index in [1.807, 2.05) is 13.1 Å². The number of aromatic nitrogens is 2. The Bertz CT molecular complexity index is 681. The number of carbonyl (C=O) groups excluding carboxylic acids is 1. The standard InChI is InChI=1S/C20H30N4O2/c1-4-24-15-17(16(2)22-24)14-23-12-6-5-9-20(10-7-8-18(20)23)19(25)21-11-13-26-3/h4-6,15,18H,1,7-14H2,2-3H3,(H,21,25)/t18-,20-/m1/s1. The van der Waals surface area contributed by atoms with E-state index < -0.39 is 0 Å². The minimum Gasteiger partial charge on any atom is -0.383 e. The average molecular weight is 358 g/mol. The van der Waals surface area contributed by atoms with Crippen LogP contribution in [0.4, 0.5) is 0 Å². The first kappa shape index (κ1) is 18.9. The number of nitrogens with zero attached hydrogens (tertiary/aromatic N) is 3. The summed E-state index contributed by atoms with van der Waals surface area (Å²) >= 11 is 0. The summed E-state index contributed by atoms with van der Waals surface area (Å²) in [7, 11) is 1.66. The molecule has 1 aromatic heterocycles. The molecule has 1 saturated carbocycles. The number of methoxy groups -OCH3 is 1. The van der Waals surface area contributed by atoms with Crippen LogP contribution in [0.3, 0.4) is 0 Å². The zero-order chi connectivity index (χ0) is 18.6. The van der Waals surface area contributed by atoms with Gasteiger partial charge in [-0.25, -0.2) is 4.68 Å². The van der Waals surface area contributed by atoms with Crippen molar-refractivity contribution in [3.63, 3.8) is 0 Å². The third kappa shape index (κ3) is 3.62. The van der Waals surface area contributed by atoms with Gasteiger partial charge in [0.15, 0.2) is 0 Å². The van der Waals surface area contributed by atoms with Crippen LogP contribution >= 0.6 is 0 Å². The van der Waals surface area contributed by atoms with Crippen molar-refractivity contribution in [2.75, 3.05) is 26.8 Å². The molecule has 6 heteroatoms. The molecular weight excluding hydrogens is 328 g/mol. The lowest BCUT2D eigenvalue weighted by atomic mass is 9.78. The Balaban J connectivity index is 1.80. The van der Waals surface area contributed by atoms with Gasteiger partial charge >= 0.3 is 0 Å². The lowest BCUT2D eigenvalue weighted by Crippen LogP contribution is -2.52. The maximum absolute atomic E-state index is 13.1. The zero-order valence-corrected chi connectivity index (χ0v) is 15.9. The molecule has 1 aliphatic carbocycles. The van der Waals surface area contributed by atoms with Crippen LogP contribution in [0.15, 0.2) is 24.9 Å². The Morgan fingerprint density at radius 3 is 3.12 bits per heavy atom. The SMILES string of the molecule is C=Cn1cc(CN2CC=CC[C@@]3(C(=O)NCCOC)CCC[C@@H]23)c(C)n1. The Hall–Kier alpha value is -1.92. The Kier molecular flexibility index (Phi) is 5.94. The second-order valence-electron chi connectivity index (χ2n) is 7.32. The first-order valence-corrected chi connectivity index (χ1v) is 9.44. The minimum absolute atomic E-state index is 0.173. The molecule has 1 amide bonds. The van der Waals surface area contributed by atoms with Gasteiger partial charge in [0.25, 0.3) is 0 Å². The van der Waals surface area contributed by atoms with Crippen molar-refractivity contribution in [3.8, 4) is 0 Å². The summed E-state index contributed by atoms with van der Waals surface area (Å²) in [5.74, 6) is 0.173. The minimum atomic E-state index is -0.330. The number of carbonyl (C=O) groups is 1. The molecule has 0 bridgehead atoms. The monoisotopic (exact) mass is 358 g/mol. The summed E-state index contributed by atoms with van der Waals surface area (Å²) in [5.41, 5.74) is 1.88. The van der Waals surface area contributed by atoms with Crippen LogP contribution in [-0.2, 0) is 16.1 Å². The van der Waals surface area contributed by atoms with Crippen LogP contribution in [0.25, 0.3) is 6.20 Å². The first-order chi connectivity index (χ1) is 12.6. The highest BCUT2D eigenvalue weighted by atomic mass is 16.5. The molecule has 2 aliphatic rings. The van der Waals surface area contributed by atoms with Crippen molar-refractivity contribution < 1.29 is 9.53 Å². The van der Waals surface area contributed by atoms with Gasteiger partial charge in [0.1, 0.15) is 0 Å². The quantitative estimate of drug-likeness (QED) is 0.600. The fraction of sp³-hybridized carbons (Fsp3) is 0.600. The normalized spacial score (nSPS) is 25.7. The molecule has 2 atom stereocenters. The van der Waals surface area contributed by atoms with Gasteiger partial charge in [-0.05, 0) is 26.2 Å². The lowest BCUT2D eigenvalue weighted by Gasteiger charge is -2.39. The highest BCUT2D eigenvalue weighted by molar-refractivity contribution is 5.84. The number of amides is 1. The molecule has 26 heavy (non-hydrogen) atoms. The highest BCUT2D eigenvalue weighted by Crippen LogP contribution is 2.46. The van der Waals surface area contributed by atoms with Crippen molar-refractivity contribution in [3.05, 3.63) is 36.2 Å². The Labute approximate surface area is 155 Å². The summed E-state index contributed by atoms with van der Waals surface area (Å²) < 4.78 is 6.84. The molecule has 0 unspecified atom stereocenters. The summed E-state index contributed by atoms with van der Waals surface area (Å²) in [6, 6.07) is 0.256. The Morgan fingerprint density at radius 1 is 1.54 bits per heavy atom. The fourth-order valence-corrected chi connectivity index (χ4v) is 4.42. The van der Waals surface area contributed by atoms with E-state index in [1.165, 1.54) is 5.56 Å². The van der Waals surface area contributed by atoms with Crippen LogP contribution in [0.5, 0.6) is 0 Å². The van der Waals surface area contributed by atoms with Crippen molar-refractivity contribution in [1.82, 2.24) is 20.0 Å². The third-order valence-electron chi connectivity index (χ3n) is 5.79. The van der Waals surface area contributed by atoms with Crippen molar-refractivity contribution in [2.45, 2.75) is 45.2 Å². The van der Waals surface area contributed by atoms with Gasteiger partial charge in [-0.2, -0.15) is 5.10 Å². The van der Waals surface area contributed by atoms with Gasteiger partial charge in [0.2, 0.25) is 5.91 Å². The van der Waals surface area contributed by atoms with Gasteiger partial charge in [0.05, 0.1) is 17.7 Å². The van der Waals surface area contributed by atoms with E-state index in [2.05, 4.69) is 34.0 Å². The summed E-state index contributed by atoms with van der Waals surface area (Å²) in [6.07, 6.45) is 12.1. The molecule has 1 fully saturated rings. The number of nitrogens with one attached hydrogen (secondary N) is 1. The van der Waals surface area contributed by atoms with E-state index >= 15 is 0 Å². The molecule has 3 rings (SSSR count). The first-order valence-electron chi connectivity index (χ1n) is 9.44.